The van der Waals surface area contributed by atoms with Gasteiger partial charge in [-0.15, -0.1) is 0 Å². The number of rotatable bonds is 2. The van der Waals surface area contributed by atoms with Crippen molar-refractivity contribution in [2.24, 2.45) is 5.73 Å². The highest BCUT2D eigenvalue weighted by atomic mass is 35.5. The maximum atomic E-state index is 6.18. The van der Waals surface area contributed by atoms with Gasteiger partial charge in [-0.2, -0.15) is 0 Å². The number of para-hydroxylation sites is 1. The molecule has 0 saturated carbocycles. The molecule has 0 fully saturated rings. The molecule has 17 heavy (non-hydrogen) atoms. The van der Waals surface area contributed by atoms with Crippen LogP contribution in [0.5, 0.6) is 0 Å². The van der Waals surface area contributed by atoms with Gasteiger partial charge >= 0.3 is 0 Å². The zero-order valence-corrected chi connectivity index (χ0v) is 10.6. The van der Waals surface area contributed by atoms with E-state index in [0.717, 1.165) is 16.8 Å². The molecule has 0 radical (unpaired) electrons. The van der Waals surface area contributed by atoms with Crippen LogP contribution < -0.4 is 11.1 Å². The van der Waals surface area contributed by atoms with Gasteiger partial charge < -0.3 is 11.1 Å². The average Bonchev–Trinajstić information content (AvgIpc) is 2.30. The van der Waals surface area contributed by atoms with Gasteiger partial charge in [-0.1, -0.05) is 48.0 Å². The van der Waals surface area contributed by atoms with Crippen molar-refractivity contribution in [3.05, 3.63) is 53.6 Å². The number of anilines is 1. The predicted molar refractivity (Wildman–Crippen MR) is 77.3 cm³/mol. The van der Waals surface area contributed by atoms with Crippen molar-refractivity contribution < 1.29 is 0 Å². The fourth-order valence-electron chi connectivity index (χ4n) is 1.64. The topological polar surface area (TPSA) is 38.0 Å². The van der Waals surface area contributed by atoms with Crippen LogP contribution in [-0.2, 0) is 0 Å². The van der Waals surface area contributed by atoms with Crippen molar-refractivity contribution in [3.63, 3.8) is 0 Å². The molecule has 0 bridgehead atoms. The molecule has 2 aromatic rings. The number of nitrogens with two attached hydrogens (primary N) is 1. The summed E-state index contributed by atoms with van der Waals surface area (Å²) < 4.78 is 0. The Morgan fingerprint density at radius 2 is 1.59 bits per heavy atom. The van der Waals surface area contributed by atoms with Crippen molar-refractivity contribution in [3.8, 4) is 11.1 Å². The molecule has 2 aromatic carbocycles. The third-order valence-electron chi connectivity index (χ3n) is 2.35. The highest BCUT2D eigenvalue weighted by molar-refractivity contribution is 7.80. The first-order valence-electron chi connectivity index (χ1n) is 5.09. The first-order valence-corrected chi connectivity index (χ1v) is 5.87. The Bertz CT molecular complexity index is 555. The van der Waals surface area contributed by atoms with E-state index in [0.29, 0.717) is 5.02 Å². The van der Waals surface area contributed by atoms with Crippen LogP contribution in [0, 0.1) is 0 Å². The Hall–Kier alpha value is -1.58. The van der Waals surface area contributed by atoms with Crippen molar-refractivity contribution >= 4 is 34.6 Å². The molecule has 0 aromatic heterocycles. The van der Waals surface area contributed by atoms with Gasteiger partial charge in [-0.25, -0.2) is 0 Å². The summed E-state index contributed by atoms with van der Waals surface area (Å²) in [7, 11) is 0. The quantitative estimate of drug-likeness (QED) is 0.811. The van der Waals surface area contributed by atoms with E-state index in [4.69, 9.17) is 29.6 Å². The van der Waals surface area contributed by atoms with Crippen molar-refractivity contribution in [1.82, 2.24) is 0 Å². The van der Waals surface area contributed by atoms with Gasteiger partial charge in [0.25, 0.3) is 0 Å². The van der Waals surface area contributed by atoms with Crippen LogP contribution in [0.15, 0.2) is 48.5 Å². The molecule has 3 N–H and O–H groups in total. The molecule has 0 spiro atoms. The molecule has 0 unspecified atom stereocenters. The van der Waals surface area contributed by atoms with E-state index in [1.165, 1.54) is 0 Å². The lowest BCUT2D eigenvalue weighted by molar-refractivity contribution is 1.57. The molecule has 0 aliphatic rings. The molecule has 0 amide bonds. The van der Waals surface area contributed by atoms with E-state index >= 15 is 0 Å². The van der Waals surface area contributed by atoms with E-state index in [9.17, 15) is 0 Å². The largest absolute Gasteiger partial charge is 0.376 e. The predicted octanol–water partition coefficient (Wildman–Crippen LogP) is 3.66. The molecule has 4 heteroatoms. The van der Waals surface area contributed by atoms with E-state index in [1.807, 2.05) is 48.5 Å². The highest BCUT2D eigenvalue weighted by Gasteiger charge is 2.07. The molecule has 0 aliphatic carbocycles. The minimum Gasteiger partial charge on any atom is -0.376 e. The lowest BCUT2D eigenvalue weighted by atomic mass is 10.0. The fraction of sp³-hybridized carbons (Fsp3) is 0. The van der Waals surface area contributed by atoms with E-state index < -0.39 is 0 Å². The molecular weight excluding hydrogens is 252 g/mol. The van der Waals surface area contributed by atoms with E-state index in [1.54, 1.807) is 0 Å². The molecule has 86 valence electrons. The number of nitrogens with one attached hydrogen (secondary N) is 1. The summed E-state index contributed by atoms with van der Waals surface area (Å²) in [6.45, 7) is 0. The Kier molecular flexibility index (Phi) is 3.61. The van der Waals surface area contributed by atoms with Crippen LogP contribution in [0.1, 0.15) is 0 Å². The molecule has 0 aliphatic heterocycles. The van der Waals surface area contributed by atoms with Crippen LogP contribution in [0.25, 0.3) is 11.1 Å². The molecule has 0 saturated heterocycles. The lowest BCUT2D eigenvalue weighted by Gasteiger charge is -2.11. The molecule has 2 nitrogen and oxygen atoms in total. The van der Waals surface area contributed by atoms with Crippen molar-refractivity contribution in [2.75, 3.05) is 5.32 Å². The zero-order chi connectivity index (χ0) is 12.3. The number of hydrogen-bond donors (Lipinski definition) is 2. The second-order valence-electron chi connectivity index (χ2n) is 3.51. The van der Waals surface area contributed by atoms with Gasteiger partial charge in [0.1, 0.15) is 0 Å². The Morgan fingerprint density at radius 1 is 1.00 bits per heavy atom. The third-order valence-corrected chi connectivity index (χ3v) is 2.78. The van der Waals surface area contributed by atoms with Crippen LogP contribution >= 0.6 is 23.8 Å². The first-order chi connectivity index (χ1) is 8.18. The second kappa shape index (κ2) is 5.17. The smallest absolute Gasteiger partial charge is 0.168 e. The van der Waals surface area contributed by atoms with E-state index in [-0.39, 0.29) is 5.11 Å². The van der Waals surface area contributed by atoms with Crippen molar-refractivity contribution in [1.29, 1.82) is 0 Å². The maximum Gasteiger partial charge on any atom is 0.168 e. The summed E-state index contributed by atoms with van der Waals surface area (Å²) in [5, 5.41) is 3.89. The van der Waals surface area contributed by atoms with E-state index in [2.05, 4.69) is 5.32 Å². The minimum absolute atomic E-state index is 0.240. The summed E-state index contributed by atoms with van der Waals surface area (Å²) in [6.07, 6.45) is 0. The summed E-state index contributed by atoms with van der Waals surface area (Å²) in [5.74, 6) is 0. The summed E-state index contributed by atoms with van der Waals surface area (Å²) >= 11 is 11.0. The summed E-state index contributed by atoms with van der Waals surface area (Å²) in [6, 6.07) is 15.4. The van der Waals surface area contributed by atoms with Gasteiger partial charge in [0.15, 0.2) is 5.11 Å². The van der Waals surface area contributed by atoms with Crippen LogP contribution in [0.3, 0.4) is 0 Å². The van der Waals surface area contributed by atoms with Crippen LogP contribution in [0.4, 0.5) is 5.69 Å². The Balaban J connectivity index is 2.52. The SMILES string of the molecule is NC(=S)Nc1ccccc1-c1ccccc1Cl. The Labute approximate surface area is 110 Å². The molecule has 0 heterocycles. The highest BCUT2D eigenvalue weighted by Crippen LogP contribution is 2.32. The average molecular weight is 263 g/mol. The number of benzene rings is 2. The van der Waals surface area contributed by atoms with Gasteiger partial charge in [-0.3, -0.25) is 0 Å². The second-order valence-corrected chi connectivity index (χ2v) is 4.36. The summed E-state index contributed by atoms with van der Waals surface area (Å²) in [5.41, 5.74) is 8.28. The van der Waals surface area contributed by atoms with Gasteiger partial charge in [0.05, 0.1) is 0 Å². The number of hydrogen-bond acceptors (Lipinski definition) is 1. The molecular formula is C13H11ClN2S. The number of halogens is 1. The minimum atomic E-state index is 0.240. The normalized spacial score (nSPS) is 9.94. The van der Waals surface area contributed by atoms with Crippen molar-refractivity contribution in [2.45, 2.75) is 0 Å². The molecule has 0 atom stereocenters. The lowest BCUT2D eigenvalue weighted by Crippen LogP contribution is -2.19. The monoisotopic (exact) mass is 262 g/mol. The first kappa shape index (κ1) is 11.9. The van der Waals surface area contributed by atoms with Crippen LogP contribution in [0.2, 0.25) is 5.02 Å². The number of thiocarbonyl (C=S) groups is 1. The Morgan fingerprint density at radius 3 is 2.24 bits per heavy atom. The summed E-state index contributed by atoms with van der Waals surface area (Å²) in [4.78, 5) is 0. The zero-order valence-electron chi connectivity index (χ0n) is 8.98. The van der Waals surface area contributed by atoms with Gasteiger partial charge in [-0.05, 0) is 24.4 Å². The maximum absolute atomic E-state index is 6.18. The van der Waals surface area contributed by atoms with Gasteiger partial charge in [0, 0.05) is 21.8 Å². The van der Waals surface area contributed by atoms with Crippen LogP contribution in [-0.4, -0.2) is 5.11 Å². The fourth-order valence-corrected chi connectivity index (χ4v) is 1.99. The third kappa shape index (κ3) is 2.75. The van der Waals surface area contributed by atoms with Gasteiger partial charge in [0.2, 0.25) is 0 Å². The standard InChI is InChI=1S/C13H11ClN2S/c14-11-7-3-1-5-9(11)10-6-2-4-8-12(10)16-13(15)17/h1-8H,(H3,15,16,17). The molecule has 2 rings (SSSR count).